The maximum atomic E-state index is 11.5. The summed E-state index contributed by atoms with van der Waals surface area (Å²) in [6.45, 7) is 0. The zero-order chi connectivity index (χ0) is 12.0. The molecule has 0 aliphatic carbocycles. The molecule has 0 aliphatic rings. The first kappa shape index (κ1) is 12.2. The number of ether oxygens (including phenoxy) is 1. The summed E-state index contributed by atoms with van der Waals surface area (Å²) in [6.07, 6.45) is 0.354. The molecule has 0 bridgehead atoms. The molecule has 0 aliphatic heterocycles. The van der Waals surface area contributed by atoms with Crippen molar-refractivity contribution in [3.63, 3.8) is 0 Å². The fourth-order valence-corrected chi connectivity index (χ4v) is 1.45. The summed E-state index contributed by atoms with van der Waals surface area (Å²) in [7, 11) is 2.78. The molecule has 4 heteroatoms. The van der Waals surface area contributed by atoms with E-state index in [-0.39, 0.29) is 5.91 Å². The van der Waals surface area contributed by atoms with Gasteiger partial charge in [0, 0.05) is 7.05 Å². The zero-order valence-corrected chi connectivity index (χ0v) is 9.40. The monoisotopic (exact) mass is 221 g/mol. The van der Waals surface area contributed by atoms with E-state index in [0.29, 0.717) is 6.42 Å². The molecule has 0 saturated heterocycles. The number of rotatable bonds is 4. The molecule has 0 heterocycles. The van der Waals surface area contributed by atoms with Gasteiger partial charge >= 0.3 is 5.97 Å². The van der Waals surface area contributed by atoms with Gasteiger partial charge in [0.2, 0.25) is 5.91 Å². The van der Waals surface area contributed by atoms with Crippen molar-refractivity contribution in [2.24, 2.45) is 5.92 Å². The van der Waals surface area contributed by atoms with Crippen molar-refractivity contribution in [2.75, 3.05) is 14.2 Å². The molecule has 86 valence electrons. The standard InChI is InChI=1S/C12H15NO3/c1-13-11(14)10(12(15)16-2)8-9-6-4-3-5-7-9/h3-7,10H,8H2,1-2H3,(H,13,14)/t10-/m0/s1. The van der Waals surface area contributed by atoms with Gasteiger partial charge in [-0.3, -0.25) is 9.59 Å². The Hall–Kier alpha value is -1.84. The lowest BCUT2D eigenvalue weighted by atomic mass is 9.99. The first-order valence-electron chi connectivity index (χ1n) is 5.02. The number of carbonyl (C=O) groups excluding carboxylic acids is 2. The normalized spacial score (nSPS) is 11.6. The number of methoxy groups -OCH3 is 1. The topological polar surface area (TPSA) is 55.4 Å². The highest BCUT2D eigenvalue weighted by molar-refractivity contribution is 5.97. The number of nitrogens with one attached hydrogen (secondary N) is 1. The van der Waals surface area contributed by atoms with Crippen molar-refractivity contribution in [3.05, 3.63) is 35.9 Å². The van der Waals surface area contributed by atoms with Gasteiger partial charge in [-0.15, -0.1) is 0 Å². The van der Waals surface area contributed by atoms with Crippen molar-refractivity contribution in [1.29, 1.82) is 0 Å². The number of hydrogen-bond donors (Lipinski definition) is 1. The minimum Gasteiger partial charge on any atom is -0.468 e. The third kappa shape index (κ3) is 3.08. The lowest BCUT2D eigenvalue weighted by Gasteiger charge is -2.12. The van der Waals surface area contributed by atoms with Gasteiger partial charge in [0.15, 0.2) is 0 Å². The summed E-state index contributed by atoms with van der Waals surface area (Å²) in [5.41, 5.74) is 0.932. The van der Waals surface area contributed by atoms with E-state index in [0.717, 1.165) is 5.56 Å². The summed E-state index contributed by atoms with van der Waals surface area (Å²) in [5.74, 6) is -1.61. The molecule has 1 atom stereocenters. The molecule has 0 fully saturated rings. The van der Waals surface area contributed by atoms with Crippen LogP contribution in [-0.4, -0.2) is 26.0 Å². The maximum absolute atomic E-state index is 11.5. The Morgan fingerprint density at radius 2 is 1.94 bits per heavy atom. The summed E-state index contributed by atoms with van der Waals surface area (Å²) in [4.78, 5) is 22.9. The smallest absolute Gasteiger partial charge is 0.318 e. The van der Waals surface area contributed by atoms with Gasteiger partial charge in [-0.05, 0) is 12.0 Å². The summed E-state index contributed by atoms with van der Waals surface area (Å²) in [6, 6.07) is 9.37. The molecule has 1 rings (SSSR count). The Kier molecular flexibility index (Phi) is 4.51. The van der Waals surface area contributed by atoms with Gasteiger partial charge in [0.05, 0.1) is 7.11 Å². The van der Waals surface area contributed by atoms with E-state index >= 15 is 0 Å². The number of benzene rings is 1. The first-order chi connectivity index (χ1) is 7.69. The zero-order valence-electron chi connectivity index (χ0n) is 9.40. The van der Waals surface area contributed by atoms with Gasteiger partial charge < -0.3 is 10.1 Å². The van der Waals surface area contributed by atoms with E-state index in [1.807, 2.05) is 30.3 Å². The number of amides is 1. The van der Waals surface area contributed by atoms with Crippen molar-refractivity contribution in [1.82, 2.24) is 5.32 Å². The fraction of sp³-hybridized carbons (Fsp3) is 0.333. The van der Waals surface area contributed by atoms with Crippen LogP contribution in [-0.2, 0) is 20.7 Å². The highest BCUT2D eigenvalue weighted by Crippen LogP contribution is 2.10. The molecular formula is C12H15NO3. The predicted octanol–water partition coefficient (Wildman–Crippen LogP) is 0.764. The molecule has 4 nitrogen and oxygen atoms in total. The van der Waals surface area contributed by atoms with Crippen LogP contribution in [0.3, 0.4) is 0 Å². The molecule has 1 amide bonds. The number of hydrogen-bond acceptors (Lipinski definition) is 3. The minimum atomic E-state index is -0.780. The van der Waals surface area contributed by atoms with E-state index in [9.17, 15) is 9.59 Å². The summed E-state index contributed by atoms with van der Waals surface area (Å²) < 4.78 is 4.61. The van der Waals surface area contributed by atoms with Crippen molar-refractivity contribution in [2.45, 2.75) is 6.42 Å². The van der Waals surface area contributed by atoms with Crippen molar-refractivity contribution >= 4 is 11.9 Å². The molecular weight excluding hydrogens is 206 g/mol. The van der Waals surface area contributed by atoms with Gasteiger partial charge in [0.1, 0.15) is 5.92 Å². The third-order valence-electron chi connectivity index (χ3n) is 2.33. The van der Waals surface area contributed by atoms with Crippen LogP contribution >= 0.6 is 0 Å². The van der Waals surface area contributed by atoms with E-state index in [1.165, 1.54) is 14.2 Å². The SMILES string of the molecule is CNC(=O)[C@H](Cc1ccccc1)C(=O)OC. The second-order valence-electron chi connectivity index (χ2n) is 3.38. The molecule has 1 aromatic rings. The highest BCUT2D eigenvalue weighted by atomic mass is 16.5. The molecule has 1 N–H and O–H groups in total. The third-order valence-corrected chi connectivity index (χ3v) is 2.33. The van der Waals surface area contributed by atoms with Crippen LogP contribution in [0.2, 0.25) is 0 Å². The predicted molar refractivity (Wildman–Crippen MR) is 59.7 cm³/mol. The number of carbonyl (C=O) groups is 2. The lowest BCUT2D eigenvalue weighted by molar-refractivity contribution is -0.149. The first-order valence-corrected chi connectivity index (χ1v) is 5.02. The van der Waals surface area contributed by atoms with Crippen LogP contribution in [0.25, 0.3) is 0 Å². The maximum Gasteiger partial charge on any atom is 0.318 e. The average molecular weight is 221 g/mol. The highest BCUT2D eigenvalue weighted by Gasteiger charge is 2.26. The summed E-state index contributed by atoms with van der Waals surface area (Å²) >= 11 is 0. The second-order valence-corrected chi connectivity index (χ2v) is 3.38. The van der Waals surface area contributed by atoms with Crippen molar-refractivity contribution in [3.8, 4) is 0 Å². The molecule has 0 unspecified atom stereocenters. The number of esters is 1. The Morgan fingerprint density at radius 1 is 1.31 bits per heavy atom. The summed E-state index contributed by atoms with van der Waals surface area (Å²) in [5, 5.41) is 2.46. The van der Waals surface area contributed by atoms with Crippen LogP contribution in [0.5, 0.6) is 0 Å². The van der Waals surface area contributed by atoms with Gasteiger partial charge in [0.25, 0.3) is 0 Å². The van der Waals surface area contributed by atoms with Crippen LogP contribution in [0.1, 0.15) is 5.56 Å². The molecule has 0 saturated carbocycles. The van der Waals surface area contributed by atoms with E-state index < -0.39 is 11.9 Å². The quantitative estimate of drug-likeness (QED) is 0.603. The van der Waals surface area contributed by atoms with E-state index in [4.69, 9.17) is 0 Å². The van der Waals surface area contributed by atoms with Crippen LogP contribution in [0.4, 0.5) is 0 Å². The van der Waals surface area contributed by atoms with Crippen molar-refractivity contribution < 1.29 is 14.3 Å². The Morgan fingerprint density at radius 3 is 2.44 bits per heavy atom. The van der Waals surface area contributed by atoms with Crippen LogP contribution in [0, 0.1) is 5.92 Å². The Labute approximate surface area is 94.6 Å². The van der Waals surface area contributed by atoms with Gasteiger partial charge in [-0.1, -0.05) is 30.3 Å². The van der Waals surface area contributed by atoms with Gasteiger partial charge in [-0.25, -0.2) is 0 Å². The Balaban J connectivity index is 2.79. The van der Waals surface area contributed by atoms with E-state index in [1.54, 1.807) is 0 Å². The minimum absolute atomic E-state index is 0.323. The Bertz CT molecular complexity index is 346. The lowest BCUT2D eigenvalue weighted by Crippen LogP contribution is -2.35. The molecule has 0 spiro atoms. The molecule has 0 radical (unpaired) electrons. The van der Waals surface area contributed by atoms with Crippen LogP contribution in [0.15, 0.2) is 30.3 Å². The average Bonchev–Trinajstić information content (AvgIpc) is 2.35. The van der Waals surface area contributed by atoms with Gasteiger partial charge in [-0.2, -0.15) is 0 Å². The van der Waals surface area contributed by atoms with Crippen LogP contribution < -0.4 is 5.32 Å². The van der Waals surface area contributed by atoms with E-state index in [2.05, 4.69) is 10.1 Å². The largest absolute Gasteiger partial charge is 0.468 e. The molecule has 16 heavy (non-hydrogen) atoms. The molecule has 1 aromatic carbocycles. The second kappa shape index (κ2) is 5.90. The fourth-order valence-electron chi connectivity index (χ4n) is 1.45. The molecule has 0 aromatic heterocycles.